The van der Waals surface area contributed by atoms with E-state index in [0.29, 0.717) is 6.79 Å². The van der Waals surface area contributed by atoms with E-state index in [4.69, 9.17) is 14.2 Å². The van der Waals surface area contributed by atoms with Gasteiger partial charge < -0.3 is 19.5 Å². The molecule has 0 saturated heterocycles. The molecule has 20 heavy (non-hydrogen) atoms. The highest BCUT2D eigenvalue weighted by molar-refractivity contribution is 5.56. The minimum Gasteiger partial charge on any atom is -0.497 e. The van der Waals surface area contributed by atoms with E-state index >= 15 is 0 Å². The monoisotopic (exact) mass is 271 g/mol. The van der Waals surface area contributed by atoms with Gasteiger partial charge in [-0.2, -0.15) is 0 Å². The number of nitrogens with one attached hydrogen (secondary N) is 1. The summed E-state index contributed by atoms with van der Waals surface area (Å²) >= 11 is 0. The van der Waals surface area contributed by atoms with Gasteiger partial charge in [0.05, 0.1) is 7.11 Å². The van der Waals surface area contributed by atoms with Crippen LogP contribution in [0.4, 0.5) is 5.69 Å². The molecule has 0 spiro atoms. The lowest BCUT2D eigenvalue weighted by Crippen LogP contribution is -2.06. The van der Waals surface area contributed by atoms with Crippen LogP contribution < -0.4 is 19.5 Å². The molecule has 0 aliphatic carbocycles. The summed E-state index contributed by atoms with van der Waals surface area (Å²) in [5.74, 6) is 2.44. The van der Waals surface area contributed by atoms with Crippen molar-refractivity contribution >= 4 is 5.69 Å². The van der Waals surface area contributed by atoms with Crippen LogP contribution in [0.1, 0.15) is 18.5 Å². The molecule has 2 aromatic rings. The Labute approximate surface area is 118 Å². The van der Waals surface area contributed by atoms with Crippen LogP contribution in [0.25, 0.3) is 0 Å². The minimum atomic E-state index is 0.172. The Morgan fingerprint density at radius 3 is 2.80 bits per heavy atom. The van der Waals surface area contributed by atoms with Gasteiger partial charge in [0.1, 0.15) is 5.75 Å². The van der Waals surface area contributed by atoms with Crippen LogP contribution in [-0.2, 0) is 0 Å². The summed E-state index contributed by atoms with van der Waals surface area (Å²) < 4.78 is 15.9. The molecule has 1 aliphatic heterocycles. The quantitative estimate of drug-likeness (QED) is 0.922. The van der Waals surface area contributed by atoms with Crippen LogP contribution in [0, 0.1) is 0 Å². The van der Waals surface area contributed by atoms with Crippen molar-refractivity contribution in [3.8, 4) is 17.2 Å². The maximum atomic E-state index is 5.38. The van der Waals surface area contributed by atoms with Gasteiger partial charge in [-0.3, -0.25) is 0 Å². The molecular weight excluding hydrogens is 254 g/mol. The third-order valence-electron chi connectivity index (χ3n) is 3.35. The van der Waals surface area contributed by atoms with E-state index in [2.05, 4.69) is 18.3 Å². The maximum absolute atomic E-state index is 5.38. The van der Waals surface area contributed by atoms with Crippen molar-refractivity contribution in [2.45, 2.75) is 13.0 Å². The highest BCUT2D eigenvalue weighted by atomic mass is 16.7. The van der Waals surface area contributed by atoms with E-state index < -0.39 is 0 Å². The Hall–Kier alpha value is -2.36. The number of hydrogen-bond donors (Lipinski definition) is 1. The molecular formula is C16H17NO3. The van der Waals surface area contributed by atoms with E-state index in [1.807, 2.05) is 36.4 Å². The largest absolute Gasteiger partial charge is 0.497 e. The molecule has 4 nitrogen and oxygen atoms in total. The summed E-state index contributed by atoms with van der Waals surface area (Å²) in [6.07, 6.45) is 0. The molecule has 104 valence electrons. The Morgan fingerprint density at radius 1 is 1.10 bits per heavy atom. The maximum Gasteiger partial charge on any atom is 0.231 e. The van der Waals surface area contributed by atoms with Crippen LogP contribution >= 0.6 is 0 Å². The van der Waals surface area contributed by atoms with Gasteiger partial charge in [0.15, 0.2) is 11.5 Å². The predicted molar refractivity (Wildman–Crippen MR) is 77.6 cm³/mol. The highest BCUT2D eigenvalue weighted by Crippen LogP contribution is 2.35. The van der Waals surface area contributed by atoms with Gasteiger partial charge in [-0.05, 0) is 36.8 Å². The Balaban J connectivity index is 1.76. The zero-order chi connectivity index (χ0) is 13.9. The fourth-order valence-corrected chi connectivity index (χ4v) is 2.23. The second kappa shape index (κ2) is 5.33. The van der Waals surface area contributed by atoms with Gasteiger partial charge in [-0.25, -0.2) is 0 Å². The summed E-state index contributed by atoms with van der Waals surface area (Å²) in [6.45, 7) is 2.41. The average Bonchev–Trinajstić information content (AvgIpc) is 2.95. The van der Waals surface area contributed by atoms with Crippen molar-refractivity contribution in [1.29, 1.82) is 0 Å². The Bertz CT molecular complexity index is 612. The van der Waals surface area contributed by atoms with Crippen LogP contribution in [0.3, 0.4) is 0 Å². The van der Waals surface area contributed by atoms with Gasteiger partial charge in [-0.15, -0.1) is 0 Å². The molecule has 1 heterocycles. The van der Waals surface area contributed by atoms with Gasteiger partial charge in [0, 0.05) is 17.8 Å². The molecule has 3 rings (SSSR count). The molecule has 1 atom stereocenters. The first-order valence-corrected chi connectivity index (χ1v) is 6.56. The van der Waals surface area contributed by atoms with Crippen molar-refractivity contribution < 1.29 is 14.2 Å². The number of anilines is 1. The lowest BCUT2D eigenvalue weighted by Gasteiger charge is -2.16. The number of methoxy groups -OCH3 is 1. The van der Waals surface area contributed by atoms with Gasteiger partial charge >= 0.3 is 0 Å². The van der Waals surface area contributed by atoms with Crippen LogP contribution in [-0.4, -0.2) is 13.9 Å². The molecule has 0 bridgehead atoms. The summed E-state index contributed by atoms with van der Waals surface area (Å²) in [5.41, 5.74) is 2.17. The van der Waals surface area contributed by atoms with E-state index in [-0.39, 0.29) is 6.04 Å². The number of hydrogen-bond acceptors (Lipinski definition) is 4. The first kappa shape index (κ1) is 12.7. The summed E-state index contributed by atoms with van der Waals surface area (Å²) in [5, 5.41) is 3.45. The van der Waals surface area contributed by atoms with Crippen LogP contribution in [0.15, 0.2) is 42.5 Å². The van der Waals surface area contributed by atoms with Gasteiger partial charge in [0.2, 0.25) is 6.79 Å². The van der Waals surface area contributed by atoms with E-state index in [1.54, 1.807) is 7.11 Å². The third kappa shape index (κ3) is 2.50. The SMILES string of the molecule is COc1cccc(C(C)Nc2ccc3c(c2)OCO3)c1. The van der Waals surface area contributed by atoms with Crippen LogP contribution in [0.2, 0.25) is 0 Å². The lowest BCUT2D eigenvalue weighted by molar-refractivity contribution is 0.174. The highest BCUT2D eigenvalue weighted by Gasteiger charge is 2.14. The molecule has 0 aromatic heterocycles. The number of ether oxygens (including phenoxy) is 3. The van der Waals surface area contributed by atoms with Gasteiger partial charge in [-0.1, -0.05) is 12.1 Å². The number of benzene rings is 2. The standard InChI is InChI=1S/C16H17NO3/c1-11(12-4-3-5-14(8-12)18-2)17-13-6-7-15-16(9-13)20-10-19-15/h3-9,11,17H,10H2,1-2H3. The fourth-order valence-electron chi connectivity index (χ4n) is 2.23. The summed E-state index contributed by atoms with van der Waals surface area (Å²) in [6, 6.07) is 14.1. The molecule has 0 amide bonds. The van der Waals surface area contributed by atoms with Crippen molar-refractivity contribution in [3.63, 3.8) is 0 Å². The predicted octanol–water partition coefficient (Wildman–Crippen LogP) is 3.60. The van der Waals surface area contributed by atoms with E-state index in [1.165, 1.54) is 5.56 Å². The topological polar surface area (TPSA) is 39.7 Å². The van der Waals surface area contributed by atoms with Crippen molar-refractivity contribution in [2.24, 2.45) is 0 Å². The van der Waals surface area contributed by atoms with Gasteiger partial charge in [0.25, 0.3) is 0 Å². The second-order valence-electron chi connectivity index (χ2n) is 4.71. The molecule has 4 heteroatoms. The molecule has 0 fully saturated rings. The molecule has 0 radical (unpaired) electrons. The first-order chi connectivity index (χ1) is 9.76. The Morgan fingerprint density at radius 2 is 1.95 bits per heavy atom. The molecule has 1 N–H and O–H groups in total. The zero-order valence-electron chi connectivity index (χ0n) is 11.6. The molecule has 1 unspecified atom stereocenters. The zero-order valence-corrected chi connectivity index (χ0v) is 11.6. The summed E-state index contributed by atoms with van der Waals surface area (Å²) in [7, 11) is 1.68. The lowest BCUT2D eigenvalue weighted by atomic mass is 10.1. The Kier molecular flexibility index (Phi) is 3.37. The third-order valence-corrected chi connectivity index (χ3v) is 3.35. The minimum absolute atomic E-state index is 0.172. The number of rotatable bonds is 4. The van der Waals surface area contributed by atoms with Crippen molar-refractivity contribution in [1.82, 2.24) is 0 Å². The van der Waals surface area contributed by atoms with E-state index in [0.717, 1.165) is 22.9 Å². The normalized spacial score (nSPS) is 13.9. The van der Waals surface area contributed by atoms with Crippen molar-refractivity contribution in [2.75, 3.05) is 19.2 Å². The van der Waals surface area contributed by atoms with Crippen LogP contribution in [0.5, 0.6) is 17.2 Å². The fraction of sp³-hybridized carbons (Fsp3) is 0.250. The molecule has 1 aliphatic rings. The number of fused-ring (bicyclic) bond motifs is 1. The van der Waals surface area contributed by atoms with Crippen molar-refractivity contribution in [3.05, 3.63) is 48.0 Å². The summed E-state index contributed by atoms with van der Waals surface area (Å²) in [4.78, 5) is 0. The smallest absolute Gasteiger partial charge is 0.231 e. The first-order valence-electron chi connectivity index (χ1n) is 6.56. The molecule has 0 saturated carbocycles. The average molecular weight is 271 g/mol. The second-order valence-corrected chi connectivity index (χ2v) is 4.71. The van der Waals surface area contributed by atoms with E-state index in [9.17, 15) is 0 Å². The molecule has 2 aromatic carbocycles.